The van der Waals surface area contributed by atoms with Gasteiger partial charge in [0.05, 0.1) is 0 Å². The number of hydrogen-bond donors (Lipinski definition) is 3. The lowest BCUT2D eigenvalue weighted by Gasteiger charge is -2.44. The van der Waals surface area contributed by atoms with Gasteiger partial charge in [0.25, 0.3) is 0 Å². The summed E-state index contributed by atoms with van der Waals surface area (Å²) in [5, 5.41) is 14.9. The molecule has 4 fully saturated rings. The number of nitrogens with one attached hydrogen (secondary N) is 3. The van der Waals surface area contributed by atoms with Crippen molar-refractivity contribution < 1.29 is 17.6 Å². The summed E-state index contributed by atoms with van der Waals surface area (Å²) in [5.74, 6) is 1.29. The van der Waals surface area contributed by atoms with E-state index in [0.717, 1.165) is 51.5 Å². The van der Waals surface area contributed by atoms with Crippen LogP contribution in [0.3, 0.4) is 0 Å². The number of piperidine rings is 1. The second-order valence-corrected chi connectivity index (χ2v) is 12.3. The molecule has 1 aliphatic heterocycles. The molecule has 8 unspecified atom stereocenters. The van der Waals surface area contributed by atoms with E-state index in [9.17, 15) is 17.6 Å². The first kappa shape index (κ1) is 26.3. The van der Waals surface area contributed by atoms with E-state index >= 15 is 0 Å². The molecule has 3 aliphatic carbocycles. The van der Waals surface area contributed by atoms with E-state index < -0.39 is 18.4 Å². The first-order valence-electron chi connectivity index (χ1n) is 14.1. The number of halogens is 4. The smallest absolute Gasteiger partial charge is 0.321 e. The Morgan fingerprint density at radius 3 is 2.53 bits per heavy atom. The topological polar surface area (TPSA) is 57.8 Å². The molecule has 204 valence electrons. The molecule has 0 spiro atoms. The van der Waals surface area contributed by atoms with Crippen molar-refractivity contribution in [1.29, 1.82) is 5.41 Å². The van der Waals surface area contributed by atoms with Crippen molar-refractivity contribution in [3.63, 3.8) is 0 Å². The van der Waals surface area contributed by atoms with E-state index in [1.54, 1.807) is 4.57 Å². The van der Waals surface area contributed by atoms with Crippen LogP contribution in [-0.2, 0) is 13.6 Å². The largest absolute Gasteiger partial charge is 0.404 e. The SMILES string of the molecule is Cn1ccn(CC2CC(CN[C@H]3CCC4CC(F)CCC43)CC(C3CCCNC3C(F)(F)F)C2)c1=N. The number of fused-ring (bicyclic) bond motifs is 1. The molecular weight excluding hydrogens is 470 g/mol. The fourth-order valence-electron chi connectivity index (χ4n) is 8.28. The summed E-state index contributed by atoms with van der Waals surface area (Å²) < 4.78 is 59.4. The Hall–Kier alpha value is -1.35. The Morgan fingerprint density at radius 1 is 0.972 bits per heavy atom. The monoisotopic (exact) mass is 513 g/mol. The standard InChI is InChI=1S/C27H43F4N5/c1-35-9-10-36(26(35)32)16-18-11-17(15-34-24-7-4-19-14-21(28)5-6-22(19)24)12-20(13-18)23-3-2-8-33-25(23)27(29,30)31/h9-10,17-25,32-34H,2-8,11-16H2,1H3/t17?,18?,19?,20?,21?,22?,23?,24-,25?/m0/s1. The van der Waals surface area contributed by atoms with Crippen molar-refractivity contribution in [1.82, 2.24) is 19.8 Å². The average molecular weight is 514 g/mol. The molecule has 5 rings (SSSR count). The van der Waals surface area contributed by atoms with Gasteiger partial charge in [0, 0.05) is 32.0 Å². The van der Waals surface area contributed by atoms with Gasteiger partial charge in [-0.05, 0) is 113 Å². The quantitative estimate of drug-likeness (QED) is 0.480. The highest BCUT2D eigenvalue weighted by atomic mass is 19.4. The lowest BCUT2D eigenvalue weighted by molar-refractivity contribution is -0.179. The van der Waals surface area contributed by atoms with Gasteiger partial charge in [0.1, 0.15) is 12.2 Å². The Balaban J connectivity index is 1.28. The maximum atomic E-state index is 13.9. The Morgan fingerprint density at radius 2 is 1.78 bits per heavy atom. The molecule has 36 heavy (non-hydrogen) atoms. The molecule has 1 aromatic rings. The molecule has 1 aromatic heterocycles. The number of hydrogen-bond acceptors (Lipinski definition) is 3. The number of imidazole rings is 1. The number of aryl methyl sites for hydroxylation is 1. The minimum atomic E-state index is -4.22. The van der Waals surface area contributed by atoms with Crippen LogP contribution in [0.4, 0.5) is 17.6 Å². The number of rotatable bonds is 6. The zero-order valence-electron chi connectivity index (χ0n) is 21.4. The van der Waals surface area contributed by atoms with Gasteiger partial charge in [-0.15, -0.1) is 0 Å². The first-order valence-corrected chi connectivity index (χ1v) is 14.1. The van der Waals surface area contributed by atoms with Crippen molar-refractivity contribution in [2.75, 3.05) is 13.1 Å². The highest BCUT2D eigenvalue weighted by Gasteiger charge is 2.49. The normalized spacial score (nSPS) is 39.8. The number of nitrogens with zero attached hydrogens (tertiary/aromatic N) is 2. The second kappa shape index (κ2) is 10.8. The van der Waals surface area contributed by atoms with Gasteiger partial charge in [0.2, 0.25) is 5.62 Å². The summed E-state index contributed by atoms with van der Waals surface area (Å²) in [6.07, 6.45) is 7.48. The van der Waals surface area contributed by atoms with Crippen LogP contribution in [-0.4, -0.2) is 46.7 Å². The third-order valence-electron chi connectivity index (χ3n) is 9.95. The van der Waals surface area contributed by atoms with Crippen molar-refractivity contribution in [2.45, 2.75) is 95.2 Å². The minimum Gasteiger partial charge on any atom is -0.321 e. The average Bonchev–Trinajstić information content (AvgIpc) is 3.39. The number of aromatic nitrogens is 2. The molecule has 3 N–H and O–H groups in total. The molecular formula is C27H43F4N5. The van der Waals surface area contributed by atoms with Crippen LogP contribution < -0.4 is 16.3 Å². The van der Waals surface area contributed by atoms with Crippen molar-refractivity contribution in [3.05, 3.63) is 18.0 Å². The van der Waals surface area contributed by atoms with Crippen LogP contribution in [0.25, 0.3) is 0 Å². The lowest BCUT2D eigenvalue weighted by atomic mass is 9.66. The van der Waals surface area contributed by atoms with Crippen LogP contribution in [0.15, 0.2) is 12.4 Å². The van der Waals surface area contributed by atoms with Crippen molar-refractivity contribution in [3.8, 4) is 0 Å². The Labute approximate surface area is 211 Å². The van der Waals surface area contributed by atoms with Crippen LogP contribution in [0, 0.1) is 40.9 Å². The minimum absolute atomic E-state index is 0.0340. The van der Waals surface area contributed by atoms with Crippen LogP contribution in [0.5, 0.6) is 0 Å². The summed E-state index contributed by atoms with van der Waals surface area (Å²) >= 11 is 0. The highest BCUT2D eigenvalue weighted by molar-refractivity contribution is 4.97. The predicted octanol–water partition coefficient (Wildman–Crippen LogP) is 4.78. The molecule has 3 saturated carbocycles. The van der Waals surface area contributed by atoms with E-state index in [1.807, 2.05) is 24.0 Å². The molecule has 5 nitrogen and oxygen atoms in total. The summed E-state index contributed by atoms with van der Waals surface area (Å²) in [4.78, 5) is 0. The summed E-state index contributed by atoms with van der Waals surface area (Å²) in [7, 11) is 1.85. The summed E-state index contributed by atoms with van der Waals surface area (Å²) in [6.45, 7) is 1.97. The summed E-state index contributed by atoms with van der Waals surface area (Å²) in [6, 6.07) is -0.991. The lowest BCUT2D eigenvalue weighted by Crippen LogP contribution is -2.54. The van der Waals surface area contributed by atoms with Crippen molar-refractivity contribution >= 4 is 0 Å². The van der Waals surface area contributed by atoms with Gasteiger partial charge in [-0.3, -0.25) is 5.41 Å². The predicted molar refractivity (Wildman–Crippen MR) is 131 cm³/mol. The zero-order chi connectivity index (χ0) is 25.4. The van der Waals surface area contributed by atoms with E-state index in [1.165, 1.54) is 0 Å². The first-order chi connectivity index (χ1) is 17.2. The second-order valence-electron chi connectivity index (χ2n) is 12.3. The summed E-state index contributed by atoms with van der Waals surface area (Å²) in [5.41, 5.74) is 0.430. The molecule has 2 heterocycles. The van der Waals surface area contributed by atoms with Gasteiger partial charge in [-0.25, -0.2) is 4.39 Å². The van der Waals surface area contributed by atoms with Crippen molar-refractivity contribution in [2.24, 2.45) is 42.6 Å². The molecule has 4 aliphatic rings. The molecule has 9 heteroatoms. The molecule has 0 amide bonds. The third kappa shape index (κ3) is 5.71. The van der Waals surface area contributed by atoms with Crippen LogP contribution in [0.1, 0.15) is 64.2 Å². The Kier molecular flexibility index (Phi) is 7.87. The van der Waals surface area contributed by atoms with Gasteiger partial charge in [0.15, 0.2) is 0 Å². The number of alkyl halides is 4. The van der Waals surface area contributed by atoms with E-state index in [-0.39, 0.29) is 17.8 Å². The zero-order valence-corrected chi connectivity index (χ0v) is 21.4. The van der Waals surface area contributed by atoms with Gasteiger partial charge in [-0.2, -0.15) is 13.2 Å². The van der Waals surface area contributed by atoms with E-state index in [2.05, 4.69) is 10.6 Å². The third-order valence-corrected chi connectivity index (χ3v) is 9.95. The van der Waals surface area contributed by atoms with Crippen LogP contribution in [0.2, 0.25) is 0 Å². The van der Waals surface area contributed by atoms with E-state index in [4.69, 9.17) is 5.41 Å². The maximum Gasteiger partial charge on any atom is 0.404 e. The molecule has 0 aromatic carbocycles. The fourth-order valence-corrected chi connectivity index (χ4v) is 8.28. The van der Waals surface area contributed by atoms with Crippen LogP contribution >= 0.6 is 0 Å². The van der Waals surface area contributed by atoms with Gasteiger partial charge >= 0.3 is 6.18 Å². The Bertz CT molecular complexity index is 926. The molecule has 0 radical (unpaired) electrons. The molecule has 9 atom stereocenters. The molecule has 1 saturated heterocycles. The highest BCUT2D eigenvalue weighted by Crippen LogP contribution is 2.46. The van der Waals surface area contributed by atoms with E-state index in [0.29, 0.717) is 61.8 Å². The molecule has 0 bridgehead atoms. The maximum absolute atomic E-state index is 13.9. The fraction of sp³-hybridized carbons (Fsp3) is 0.889. The van der Waals surface area contributed by atoms with Gasteiger partial charge in [-0.1, -0.05) is 0 Å². The van der Waals surface area contributed by atoms with Gasteiger partial charge < -0.3 is 19.8 Å².